The Balaban J connectivity index is 1.38. The Labute approximate surface area is 184 Å². The number of amides is 1. The minimum Gasteiger partial charge on any atom is -0.368 e. The lowest BCUT2D eigenvalue weighted by Crippen LogP contribution is -2.50. The maximum atomic E-state index is 13.1. The van der Waals surface area contributed by atoms with Crippen molar-refractivity contribution in [3.63, 3.8) is 0 Å². The molecule has 2 fully saturated rings. The van der Waals surface area contributed by atoms with Gasteiger partial charge in [-0.25, -0.2) is 0 Å². The molecule has 0 radical (unpaired) electrons. The zero-order chi connectivity index (χ0) is 20.2. The number of fused-ring (bicyclic) bond motifs is 3. The number of carbonyl (C=O) groups excluding carboxylic acids is 1. The van der Waals surface area contributed by atoms with Crippen LogP contribution in [0.15, 0.2) is 36.5 Å². The largest absolute Gasteiger partial charge is 0.368 e. The Kier molecular flexibility index (Phi) is 4.48. The van der Waals surface area contributed by atoms with Gasteiger partial charge < -0.3 is 9.80 Å². The Morgan fingerprint density at radius 2 is 2.03 bits per heavy atom. The molecule has 0 unspecified atom stereocenters. The van der Waals surface area contributed by atoms with Crippen LogP contribution in [0, 0.1) is 0 Å². The summed E-state index contributed by atoms with van der Waals surface area (Å²) in [7, 11) is 0. The number of halogens is 1. The number of anilines is 2. The van der Waals surface area contributed by atoms with E-state index in [0.29, 0.717) is 21.8 Å². The van der Waals surface area contributed by atoms with Gasteiger partial charge >= 0.3 is 0 Å². The van der Waals surface area contributed by atoms with Gasteiger partial charge in [-0.05, 0) is 61.7 Å². The predicted octanol–water partition coefficient (Wildman–Crippen LogP) is 4.44. The SMILES string of the molecule is O=C(c1ccc(Cl)s1)N1CCc2cc3nccc(N4CCN5CCC[C@H]5C4)c3cc21. The highest BCUT2D eigenvalue weighted by atomic mass is 35.5. The first-order valence-electron chi connectivity index (χ1n) is 10.7. The molecule has 0 spiro atoms. The third kappa shape index (κ3) is 3.01. The van der Waals surface area contributed by atoms with Crippen molar-refractivity contribution in [2.24, 2.45) is 0 Å². The fourth-order valence-electron chi connectivity index (χ4n) is 5.27. The first kappa shape index (κ1) is 18.6. The average Bonchev–Trinajstić information content (AvgIpc) is 3.50. The molecular formula is C23H23ClN4OS. The molecule has 3 aliphatic rings. The molecule has 0 bridgehead atoms. The zero-order valence-corrected chi connectivity index (χ0v) is 18.3. The first-order chi connectivity index (χ1) is 14.7. The van der Waals surface area contributed by atoms with E-state index in [9.17, 15) is 4.79 Å². The Hall–Kier alpha value is -2.15. The lowest BCUT2D eigenvalue weighted by Gasteiger charge is -2.39. The molecule has 2 aromatic heterocycles. The van der Waals surface area contributed by atoms with Crippen molar-refractivity contribution < 1.29 is 4.79 Å². The second-order valence-corrected chi connectivity index (χ2v) is 10.1. The van der Waals surface area contributed by atoms with Crippen LogP contribution in [0.4, 0.5) is 11.4 Å². The van der Waals surface area contributed by atoms with E-state index >= 15 is 0 Å². The smallest absolute Gasteiger partial charge is 0.268 e. The third-order valence-electron chi connectivity index (χ3n) is 6.77. The van der Waals surface area contributed by atoms with Gasteiger partial charge in [0.15, 0.2) is 0 Å². The molecule has 7 heteroatoms. The van der Waals surface area contributed by atoms with Crippen LogP contribution in [0.2, 0.25) is 4.34 Å². The van der Waals surface area contributed by atoms with Gasteiger partial charge in [0.05, 0.1) is 14.7 Å². The molecule has 1 amide bonds. The lowest BCUT2D eigenvalue weighted by atomic mass is 10.1. The number of hydrogen-bond acceptors (Lipinski definition) is 5. The molecule has 6 rings (SSSR count). The quantitative estimate of drug-likeness (QED) is 0.593. The third-order valence-corrected chi connectivity index (χ3v) is 7.99. The van der Waals surface area contributed by atoms with E-state index in [1.807, 2.05) is 17.2 Å². The highest BCUT2D eigenvalue weighted by Crippen LogP contribution is 2.38. The summed E-state index contributed by atoms with van der Waals surface area (Å²) in [4.78, 5) is 25.5. The second kappa shape index (κ2) is 7.22. The summed E-state index contributed by atoms with van der Waals surface area (Å²) in [5.74, 6) is 0.0370. The number of hydrogen-bond donors (Lipinski definition) is 0. The van der Waals surface area contributed by atoms with Gasteiger partial charge in [-0.1, -0.05) is 11.6 Å². The van der Waals surface area contributed by atoms with Crippen molar-refractivity contribution >= 4 is 51.1 Å². The van der Waals surface area contributed by atoms with Gasteiger partial charge in [-0.2, -0.15) is 0 Å². The van der Waals surface area contributed by atoms with Gasteiger partial charge in [0.2, 0.25) is 0 Å². The highest BCUT2D eigenvalue weighted by Gasteiger charge is 2.32. The van der Waals surface area contributed by atoms with E-state index in [1.165, 1.54) is 42.0 Å². The van der Waals surface area contributed by atoms with Crippen LogP contribution in [0.25, 0.3) is 10.9 Å². The van der Waals surface area contributed by atoms with Crippen molar-refractivity contribution in [3.05, 3.63) is 51.3 Å². The van der Waals surface area contributed by atoms with Crippen molar-refractivity contribution in [1.82, 2.24) is 9.88 Å². The number of pyridine rings is 1. The average molecular weight is 439 g/mol. The van der Waals surface area contributed by atoms with E-state index in [2.05, 4.69) is 33.0 Å². The molecule has 0 saturated carbocycles. The fourth-order valence-corrected chi connectivity index (χ4v) is 6.27. The molecule has 5 nitrogen and oxygen atoms in total. The van der Waals surface area contributed by atoms with Crippen molar-refractivity contribution in [1.29, 1.82) is 0 Å². The van der Waals surface area contributed by atoms with E-state index in [4.69, 9.17) is 11.6 Å². The number of benzene rings is 1. The van der Waals surface area contributed by atoms with Gasteiger partial charge in [0, 0.05) is 55.2 Å². The summed E-state index contributed by atoms with van der Waals surface area (Å²) in [5, 5.41) is 1.15. The maximum Gasteiger partial charge on any atom is 0.268 e. The molecule has 5 heterocycles. The van der Waals surface area contributed by atoms with Crippen LogP contribution in [-0.4, -0.2) is 54.6 Å². The molecular weight excluding hydrogens is 416 g/mol. The molecule has 1 aromatic carbocycles. The monoisotopic (exact) mass is 438 g/mol. The van der Waals surface area contributed by atoms with Crippen molar-refractivity contribution in [3.8, 4) is 0 Å². The zero-order valence-electron chi connectivity index (χ0n) is 16.7. The predicted molar refractivity (Wildman–Crippen MR) is 123 cm³/mol. The van der Waals surface area contributed by atoms with Crippen LogP contribution in [-0.2, 0) is 6.42 Å². The summed E-state index contributed by atoms with van der Waals surface area (Å²) in [5.41, 5.74) is 4.48. The summed E-state index contributed by atoms with van der Waals surface area (Å²) < 4.78 is 0.647. The molecule has 2 saturated heterocycles. The van der Waals surface area contributed by atoms with E-state index in [-0.39, 0.29) is 5.91 Å². The highest BCUT2D eigenvalue weighted by molar-refractivity contribution is 7.18. The topological polar surface area (TPSA) is 39.7 Å². The molecule has 3 aliphatic heterocycles. The van der Waals surface area contributed by atoms with Crippen LogP contribution >= 0.6 is 22.9 Å². The molecule has 0 N–H and O–H groups in total. The number of carbonyl (C=O) groups is 1. The summed E-state index contributed by atoms with van der Waals surface area (Å²) in [6.45, 7) is 5.20. The van der Waals surface area contributed by atoms with Gasteiger partial charge in [0.25, 0.3) is 5.91 Å². The number of rotatable bonds is 2. The number of aromatic nitrogens is 1. The molecule has 0 aliphatic carbocycles. The standard InChI is InChI=1S/C23H23ClN4OS/c24-22-4-3-21(30-22)23(29)28-9-6-15-12-18-17(13-20(15)28)19(5-7-25-18)27-11-10-26-8-1-2-16(26)14-27/h3-5,7,12-13,16H,1-2,6,8-11,14H2/t16-/m0/s1. The Morgan fingerprint density at radius 3 is 2.90 bits per heavy atom. The minimum absolute atomic E-state index is 0.0370. The minimum atomic E-state index is 0.0370. The van der Waals surface area contributed by atoms with Crippen molar-refractivity contribution in [2.75, 3.05) is 42.5 Å². The number of thiophene rings is 1. The normalized spacial score (nSPS) is 21.3. The van der Waals surface area contributed by atoms with Crippen molar-refractivity contribution in [2.45, 2.75) is 25.3 Å². The summed E-state index contributed by atoms with van der Waals surface area (Å²) >= 11 is 7.41. The Morgan fingerprint density at radius 1 is 1.10 bits per heavy atom. The number of piperazine rings is 1. The molecule has 154 valence electrons. The second-order valence-electron chi connectivity index (χ2n) is 8.42. The van der Waals surface area contributed by atoms with Gasteiger partial charge in [-0.15, -0.1) is 11.3 Å². The van der Waals surface area contributed by atoms with E-state index in [1.54, 1.807) is 6.07 Å². The van der Waals surface area contributed by atoms with Crippen LogP contribution < -0.4 is 9.80 Å². The Bertz CT molecular complexity index is 1150. The summed E-state index contributed by atoms with van der Waals surface area (Å²) in [6, 6.07) is 10.8. The molecule has 1 atom stereocenters. The molecule has 3 aromatic rings. The lowest BCUT2D eigenvalue weighted by molar-refractivity contribution is 0.0993. The van der Waals surface area contributed by atoms with E-state index in [0.717, 1.165) is 42.6 Å². The van der Waals surface area contributed by atoms with Gasteiger partial charge in [-0.3, -0.25) is 14.7 Å². The fraction of sp³-hybridized carbons (Fsp3) is 0.391. The van der Waals surface area contributed by atoms with Crippen LogP contribution in [0.1, 0.15) is 28.1 Å². The van der Waals surface area contributed by atoms with Gasteiger partial charge in [0.1, 0.15) is 0 Å². The number of nitrogens with zero attached hydrogens (tertiary/aromatic N) is 4. The maximum absolute atomic E-state index is 13.1. The summed E-state index contributed by atoms with van der Waals surface area (Å²) in [6.07, 6.45) is 5.40. The molecule has 30 heavy (non-hydrogen) atoms. The van der Waals surface area contributed by atoms with Crippen LogP contribution in [0.5, 0.6) is 0 Å². The van der Waals surface area contributed by atoms with E-state index < -0.39 is 0 Å². The first-order valence-corrected chi connectivity index (χ1v) is 11.8. The van der Waals surface area contributed by atoms with Crippen LogP contribution in [0.3, 0.4) is 0 Å².